The summed E-state index contributed by atoms with van der Waals surface area (Å²) < 4.78 is 122. The summed E-state index contributed by atoms with van der Waals surface area (Å²) in [4.78, 5) is 47.4. The lowest BCUT2D eigenvalue weighted by atomic mass is 9.51. The first-order chi connectivity index (χ1) is 21.5. The van der Waals surface area contributed by atoms with Crippen LogP contribution in [0.25, 0.3) is 0 Å². The van der Waals surface area contributed by atoms with Gasteiger partial charge in [-0.05, 0) is 12.8 Å². The maximum atomic E-state index is 12.8. The zero-order valence-corrected chi connectivity index (χ0v) is 30.1. The molecule has 13 atom stereocenters. The summed E-state index contributed by atoms with van der Waals surface area (Å²) in [5.74, 6) is 0. The normalized spacial score (nSPS) is 36.7. The Labute approximate surface area is 275 Å². The second-order valence-electron chi connectivity index (χ2n) is 10.6. The molecule has 0 amide bonds. The predicted octanol–water partition coefficient (Wildman–Crippen LogP) is -1.39. The molecule has 6 N–H and O–H groups in total. The van der Waals surface area contributed by atoms with Gasteiger partial charge in [0.1, 0.15) is 40.0 Å². The minimum atomic E-state index is -5.61. The molecule has 3 rings (SSSR count). The van der Waals surface area contributed by atoms with Gasteiger partial charge in [-0.1, -0.05) is 12.2 Å². The van der Waals surface area contributed by atoms with E-state index < -0.39 is 119 Å². The molecular formula is C16H35B3FO21P5S. The molecule has 0 aromatic heterocycles. The first kappa shape index (κ1) is 42.4. The summed E-state index contributed by atoms with van der Waals surface area (Å²) >= 11 is 3.44. The van der Waals surface area contributed by atoms with Crippen LogP contribution < -0.4 is 0 Å². The number of thiol groups is 1. The van der Waals surface area contributed by atoms with Crippen molar-refractivity contribution in [3.63, 3.8) is 0 Å². The Morgan fingerprint density at radius 2 is 1.30 bits per heavy atom. The zero-order chi connectivity index (χ0) is 35.4. The van der Waals surface area contributed by atoms with Crippen LogP contribution in [0, 0.1) is 0 Å². The van der Waals surface area contributed by atoms with Gasteiger partial charge in [-0.2, -0.15) is 8.62 Å². The number of ether oxygens (including phenoxy) is 3. The van der Waals surface area contributed by atoms with E-state index in [-0.39, 0.29) is 19.3 Å². The lowest BCUT2D eigenvalue weighted by Crippen LogP contribution is -2.31. The molecule has 3 heterocycles. The highest BCUT2D eigenvalue weighted by Gasteiger charge is 2.46. The Balaban J connectivity index is 1.54. The van der Waals surface area contributed by atoms with E-state index in [2.05, 4.69) is 20.9 Å². The second kappa shape index (κ2) is 17.2. The largest absolute Gasteiger partial charge is 0.488 e. The van der Waals surface area contributed by atoms with E-state index in [4.69, 9.17) is 46.6 Å². The minimum Gasteiger partial charge on any atom is -0.390 e. The van der Waals surface area contributed by atoms with E-state index in [1.807, 2.05) is 0 Å². The van der Waals surface area contributed by atoms with E-state index in [1.54, 1.807) is 15.6 Å². The number of hydrogen-bond donors (Lipinski definition) is 7. The van der Waals surface area contributed by atoms with Gasteiger partial charge in [0, 0.05) is 18.4 Å². The summed E-state index contributed by atoms with van der Waals surface area (Å²) in [6.45, 7) is -7.73. The zero-order valence-electron chi connectivity index (χ0n) is 24.7. The van der Waals surface area contributed by atoms with Crippen molar-refractivity contribution in [2.45, 2.75) is 74.0 Å². The van der Waals surface area contributed by atoms with Gasteiger partial charge >= 0.3 is 38.1 Å². The van der Waals surface area contributed by atoms with Gasteiger partial charge in [-0.25, -0.2) is 27.2 Å². The summed E-state index contributed by atoms with van der Waals surface area (Å²) in [5, 5.41) is 9.93. The van der Waals surface area contributed by atoms with Crippen LogP contribution in [0.5, 0.6) is 0 Å². The van der Waals surface area contributed by atoms with Crippen molar-refractivity contribution >= 4 is 73.1 Å². The van der Waals surface area contributed by atoms with Crippen molar-refractivity contribution in [3.8, 4) is 0 Å². The Morgan fingerprint density at radius 3 is 1.83 bits per heavy atom. The fraction of sp³-hybridized carbons (Fsp3) is 1.00. The van der Waals surface area contributed by atoms with Crippen molar-refractivity contribution in [1.29, 1.82) is 0 Å². The third-order valence-electron chi connectivity index (χ3n) is 6.75. The molecule has 3 saturated heterocycles. The van der Waals surface area contributed by atoms with E-state index in [1.165, 1.54) is 0 Å². The van der Waals surface area contributed by atoms with Crippen molar-refractivity contribution < 1.29 is 102 Å². The van der Waals surface area contributed by atoms with Crippen molar-refractivity contribution in [2.75, 3.05) is 26.5 Å². The molecule has 0 aromatic carbocycles. The van der Waals surface area contributed by atoms with Crippen molar-refractivity contribution in [2.24, 2.45) is 0 Å². The van der Waals surface area contributed by atoms with Crippen molar-refractivity contribution in [3.05, 3.63) is 0 Å². The highest BCUT2D eigenvalue weighted by molar-refractivity contribution is 8.45. The molecule has 0 saturated carbocycles. The summed E-state index contributed by atoms with van der Waals surface area (Å²) in [7, 11) is -17.2. The Kier molecular flexibility index (Phi) is 15.5. The van der Waals surface area contributed by atoms with E-state index in [9.17, 15) is 47.0 Å². The summed E-state index contributed by atoms with van der Waals surface area (Å²) in [6, 6.07) is -1.11. The van der Waals surface area contributed by atoms with Crippen LogP contribution in [0.15, 0.2) is 0 Å². The van der Waals surface area contributed by atoms with Crippen LogP contribution >= 0.6 is 50.3 Å². The fourth-order valence-electron chi connectivity index (χ4n) is 4.77. The smallest absolute Gasteiger partial charge is 0.390 e. The first-order valence-electron chi connectivity index (χ1n) is 13.8. The molecule has 21 nitrogen and oxygen atoms in total. The van der Waals surface area contributed by atoms with E-state index in [0.29, 0.717) is 7.17 Å². The highest BCUT2D eigenvalue weighted by atomic mass is 32.7. The number of phosphoric acid groups is 4. The molecule has 47 heavy (non-hydrogen) atoms. The molecule has 3 aliphatic rings. The Morgan fingerprint density at radius 1 is 0.766 bits per heavy atom. The number of phosphoric ester groups is 2. The van der Waals surface area contributed by atoms with Gasteiger partial charge < -0.3 is 43.8 Å². The number of hydrogen-bond acceptors (Lipinski definition) is 16. The summed E-state index contributed by atoms with van der Waals surface area (Å²) in [5.41, 5.74) is 0. The van der Waals surface area contributed by atoms with Crippen LogP contribution in [-0.4, -0.2) is 134 Å². The molecule has 0 bridgehead atoms. The number of rotatable bonds is 19. The number of aliphatic hydroxyl groups is 1. The molecular weight excluding hydrogens is 767 g/mol. The van der Waals surface area contributed by atoms with Crippen molar-refractivity contribution in [1.82, 2.24) is 0 Å². The molecule has 4 unspecified atom stereocenters. The molecule has 31 heteroatoms. The van der Waals surface area contributed by atoms with Crippen LogP contribution in [0.3, 0.4) is 0 Å². The monoisotopic (exact) mass is 802 g/mol. The lowest BCUT2D eigenvalue weighted by molar-refractivity contribution is -0.0394. The molecule has 0 spiro atoms. The lowest BCUT2D eigenvalue weighted by Gasteiger charge is -2.25. The maximum absolute atomic E-state index is 12.8. The van der Waals surface area contributed by atoms with Gasteiger partial charge in [0.25, 0.3) is 0 Å². The highest BCUT2D eigenvalue weighted by Crippen LogP contribution is 2.69. The average molecular weight is 802 g/mol. The number of alkyl halides is 1. The first-order valence-corrected chi connectivity index (χ1v) is 22.5. The minimum absolute atomic E-state index is 0.0212. The quantitative estimate of drug-likeness (QED) is 0.0449. The van der Waals surface area contributed by atoms with Crippen LogP contribution in [0.4, 0.5) is 4.39 Å². The predicted molar refractivity (Wildman–Crippen MR) is 164 cm³/mol. The second-order valence-corrected chi connectivity index (χ2v) is 19.3. The van der Waals surface area contributed by atoms with Gasteiger partial charge in [0.05, 0.1) is 52.0 Å². The Hall–Kier alpha value is 0.985. The standard InChI is InChI=1S/C16H35B3FO21P5S/c17-15-2-10(13(36-15)7-34-46(31,47)41-45(29,30)40-42(22,23)24)38-44(27,28)33-6-14-11(3-16(19-18)37-14)39-43(25,26)32-5-12-9(21)1-8(4-20)35-12/h8-16,19,21H,1-7,17-18H2,(H,25,26)(H,27,28)(H,29,30)(H,31,47)(H2,22,23,24)/t8-,9+,10+,11+,12-,13-,14-,15-,16-,46?/m1/s1. The third-order valence-corrected chi connectivity index (χ3v) is 13.6. The van der Waals surface area contributed by atoms with Crippen LogP contribution in [0.2, 0.25) is 0 Å². The topological polar surface area (TPSA) is 299 Å². The van der Waals surface area contributed by atoms with E-state index in [0.717, 1.165) is 0 Å². The third kappa shape index (κ3) is 14.5. The average Bonchev–Trinajstić information content (AvgIpc) is 3.58. The van der Waals surface area contributed by atoms with Crippen LogP contribution in [0.1, 0.15) is 19.3 Å². The maximum Gasteiger partial charge on any atom is 0.488 e. The summed E-state index contributed by atoms with van der Waals surface area (Å²) in [6.07, 6.45) is -7.91. The van der Waals surface area contributed by atoms with Gasteiger partial charge in [-0.15, -0.1) is 0 Å². The number of aliphatic hydroxyl groups excluding tert-OH is 1. The Bertz CT molecular complexity index is 1300. The molecule has 0 radical (unpaired) electrons. The molecule has 3 aliphatic heterocycles. The molecule has 0 aliphatic carbocycles. The molecule has 272 valence electrons. The molecule has 0 aromatic rings. The molecule has 3 fully saturated rings. The number of halogens is 1. The van der Waals surface area contributed by atoms with Gasteiger partial charge in [-0.3, -0.25) is 22.6 Å². The SMILES string of the molecule is BB[C@H]1C[C@H](OP(=O)(O)OC[C@H]2O[C@@H](CF)C[C@@H]2O)[C@@H](COP(=O)(O)O[C@H]2C[C@H](B)O[C@@H]2COP(=O)(S)OP(=O)(O)OP(=O)(O)O)O1. The van der Waals surface area contributed by atoms with Gasteiger partial charge in [0.15, 0.2) is 0 Å². The van der Waals surface area contributed by atoms with Crippen LogP contribution in [-0.2, 0) is 68.3 Å². The van der Waals surface area contributed by atoms with E-state index >= 15 is 0 Å². The fourth-order valence-corrected chi connectivity index (χ4v) is 10.8. The van der Waals surface area contributed by atoms with Gasteiger partial charge in [0.2, 0.25) is 0 Å².